The van der Waals surface area contributed by atoms with E-state index in [9.17, 15) is 19.6 Å². The smallest absolute Gasteiger partial charge is 0.469 e. The van der Waals surface area contributed by atoms with Gasteiger partial charge in [0.2, 0.25) is 5.95 Å². The highest BCUT2D eigenvalue weighted by Gasteiger charge is 2.49. The topological polar surface area (TPSA) is 204 Å². The number of benzene rings is 1. The number of hydrogen-bond acceptors (Lipinski definition) is 11. The zero-order valence-corrected chi connectivity index (χ0v) is 19.2. The fourth-order valence-corrected chi connectivity index (χ4v) is 4.23. The fraction of sp³-hybridized carbons (Fsp3) is 0.444. The van der Waals surface area contributed by atoms with Crippen molar-refractivity contribution < 1.29 is 38.6 Å². The summed E-state index contributed by atoms with van der Waals surface area (Å²) in [6.07, 6.45) is -5.44. The summed E-state index contributed by atoms with van der Waals surface area (Å²) in [6, 6.07) is 6.76. The van der Waals surface area contributed by atoms with E-state index in [1.54, 1.807) is 29.2 Å². The Morgan fingerprint density at radius 3 is 2.65 bits per heavy atom. The molecule has 4 rings (SSSR count). The number of hydrogen-bond donors (Lipinski definition) is 6. The number of nitrogens with zero attached hydrogens (tertiary/aromatic N) is 3. The summed E-state index contributed by atoms with van der Waals surface area (Å²) in [4.78, 5) is 40.1. The molecule has 1 aromatic heterocycles. The Kier molecular flexibility index (Phi) is 7.03. The lowest BCUT2D eigenvalue weighted by Gasteiger charge is -2.28. The molecule has 0 radical (unpaired) electrons. The molecular formula is C18H23ClN5O9P. The van der Waals surface area contributed by atoms with Crippen molar-refractivity contribution in [3.05, 3.63) is 39.6 Å². The first-order chi connectivity index (χ1) is 16.0. The molecule has 1 saturated heterocycles. The number of ether oxygens (including phenoxy) is 2. The number of aromatic amines is 1. The molecule has 34 heavy (non-hydrogen) atoms. The molecular weight excluding hydrogens is 497 g/mol. The number of aliphatic hydroxyl groups excluding tert-OH is 2. The Morgan fingerprint density at radius 1 is 1.26 bits per heavy atom. The number of nitrogens with one attached hydrogen (secondary N) is 1. The third kappa shape index (κ3) is 5.29. The van der Waals surface area contributed by atoms with E-state index in [-0.39, 0.29) is 37.3 Å². The average Bonchev–Trinajstić information content (AvgIpc) is 3.25. The van der Waals surface area contributed by atoms with Crippen LogP contribution in [-0.4, -0.2) is 80.9 Å². The number of anilines is 3. The zero-order chi connectivity index (χ0) is 24.6. The Morgan fingerprint density at radius 2 is 1.97 bits per heavy atom. The Hall–Kier alpha value is -2.42. The molecule has 16 heteroatoms. The van der Waals surface area contributed by atoms with Gasteiger partial charge in [0.05, 0.1) is 19.8 Å². The van der Waals surface area contributed by atoms with E-state index < -0.39 is 44.5 Å². The maximum absolute atomic E-state index is 12.6. The molecule has 7 N–H and O–H groups in total. The lowest BCUT2D eigenvalue weighted by molar-refractivity contribution is -0.0218. The molecule has 1 aromatic carbocycles. The van der Waals surface area contributed by atoms with E-state index in [1.165, 1.54) is 4.90 Å². The molecule has 0 aliphatic carbocycles. The third-order valence-electron chi connectivity index (χ3n) is 5.30. The Labute approximate surface area is 197 Å². The van der Waals surface area contributed by atoms with Crippen molar-refractivity contribution in [3.8, 4) is 5.75 Å². The number of phosphoric acid groups is 1. The van der Waals surface area contributed by atoms with Crippen LogP contribution in [0, 0.1) is 0 Å². The monoisotopic (exact) mass is 519 g/mol. The van der Waals surface area contributed by atoms with Crippen LogP contribution < -0.4 is 25.8 Å². The molecule has 0 spiro atoms. The molecule has 1 fully saturated rings. The summed E-state index contributed by atoms with van der Waals surface area (Å²) in [7, 11) is -4.82. The quantitative estimate of drug-likeness (QED) is 0.237. The number of nitrogens with two attached hydrogens (primary N) is 1. The van der Waals surface area contributed by atoms with Gasteiger partial charge < -0.3 is 45.0 Å². The first-order valence-corrected chi connectivity index (χ1v) is 12.0. The number of nitrogen functional groups attached to an aromatic ring is 1. The van der Waals surface area contributed by atoms with E-state index in [0.29, 0.717) is 10.8 Å². The van der Waals surface area contributed by atoms with Crippen LogP contribution in [-0.2, 0) is 13.8 Å². The van der Waals surface area contributed by atoms with E-state index >= 15 is 0 Å². The molecule has 2 aliphatic rings. The van der Waals surface area contributed by atoms with E-state index in [2.05, 4.69) is 14.5 Å². The van der Waals surface area contributed by atoms with Crippen LogP contribution in [0.4, 0.5) is 17.5 Å². The number of H-pyrrole nitrogens is 1. The highest BCUT2D eigenvalue weighted by atomic mass is 35.5. The maximum Gasteiger partial charge on any atom is 0.469 e. The SMILES string of the molecule is Nc1nc2c(c(=O)[nH]1)N(CCOc1ccc(Cl)cc1)CN2[C@@H]1O[C@H](COP(=O)(O)O)[C@@H](O)[C@H]1O. The van der Waals surface area contributed by atoms with Crippen LogP contribution >= 0.6 is 19.4 Å². The second-order valence-corrected chi connectivity index (χ2v) is 9.31. The van der Waals surface area contributed by atoms with Gasteiger partial charge in [-0.25, -0.2) is 4.57 Å². The Bertz CT molecular complexity index is 1130. The largest absolute Gasteiger partial charge is 0.492 e. The van der Waals surface area contributed by atoms with Gasteiger partial charge >= 0.3 is 7.82 Å². The van der Waals surface area contributed by atoms with E-state index in [4.69, 9.17) is 36.6 Å². The van der Waals surface area contributed by atoms with Crippen LogP contribution in [0.3, 0.4) is 0 Å². The number of halogens is 1. The molecule has 0 saturated carbocycles. The molecule has 0 amide bonds. The Balaban J connectivity index is 1.51. The van der Waals surface area contributed by atoms with Gasteiger partial charge in [0.1, 0.15) is 36.4 Å². The number of aromatic nitrogens is 2. The van der Waals surface area contributed by atoms with Crippen LogP contribution in [0.1, 0.15) is 0 Å². The van der Waals surface area contributed by atoms with Gasteiger partial charge in [-0.3, -0.25) is 14.3 Å². The summed E-state index contributed by atoms with van der Waals surface area (Å²) < 4.78 is 26.7. The summed E-state index contributed by atoms with van der Waals surface area (Å²) >= 11 is 5.87. The summed E-state index contributed by atoms with van der Waals surface area (Å²) in [6.45, 7) is -0.201. The number of phosphoric ester groups is 1. The van der Waals surface area contributed by atoms with Crippen molar-refractivity contribution >= 4 is 36.9 Å². The van der Waals surface area contributed by atoms with Crippen molar-refractivity contribution in [2.75, 3.05) is 42.0 Å². The standard InChI is InChI=1S/C18H23ClN5O9P/c19-9-1-3-10(4-2-9)31-6-5-23-8-24(15-12(23)16(27)22-18(20)21-15)17-14(26)13(25)11(33-17)7-32-34(28,29)30/h1-4,11,13-14,17,25-26H,5-8H2,(H2,28,29,30)(H3,20,21,22,27)/t11-,13-,14-,17-/m1/s1. The van der Waals surface area contributed by atoms with Crippen molar-refractivity contribution in [2.24, 2.45) is 0 Å². The lowest BCUT2D eigenvalue weighted by Crippen LogP contribution is -2.46. The molecule has 4 atom stereocenters. The van der Waals surface area contributed by atoms with Crippen molar-refractivity contribution in [2.45, 2.75) is 24.5 Å². The van der Waals surface area contributed by atoms with Gasteiger partial charge in [-0.2, -0.15) is 4.98 Å². The summed E-state index contributed by atoms with van der Waals surface area (Å²) in [5, 5.41) is 21.4. The van der Waals surface area contributed by atoms with E-state index in [0.717, 1.165) is 0 Å². The van der Waals surface area contributed by atoms with Gasteiger partial charge in [0.25, 0.3) is 5.56 Å². The van der Waals surface area contributed by atoms with Gasteiger partial charge in [-0.15, -0.1) is 0 Å². The minimum atomic E-state index is -4.82. The lowest BCUT2D eigenvalue weighted by atomic mass is 10.1. The minimum Gasteiger partial charge on any atom is -0.492 e. The summed E-state index contributed by atoms with van der Waals surface area (Å²) in [5.41, 5.74) is 5.34. The van der Waals surface area contributed by atoms with Crippen molar-refractivity contribution in [3.63, 3.8) is 0 Å². The predicted octanol–water partition coefficient (Wildman–Crippen LogP) is -0.776. The summed E-state index contributed by atoms with van der Waals surface area (Å²) in [5.74, 6) is 0.526. The number of rotatable bonds is 8. The number of fused-ring (bicyclic) bond motifs is 1. The van der Waals surface area contributed by atoms with Crippen molar-refractivity contribution in [1.29, 1.82) is 0 Å². The van der Waals surface area contributed by atoms with Gasteiger partial charge in [0.15, 0.2) is 12.0 Å². The molecule has 0 unspecified atom stereocenters. The second-order valence-electron chi connectivity index (χ2n) is 7.63. The maximum atomic E-state index is 12.6. The second kappa shape index (κ2) is 9.68. The zero-order valence-electron chi connectivity index (χ0n) is 17.5. The molecule has 14 nitrogen and oxygen atoms in total. The fourth-order valence-electron chi connectivity index (χ4n) is 3.76. The van der Waals surface area contributed by atoms with Crippen LogP contribution in [0.5, 0.6) is 5.75 Å². The molecule has 3 heterocycles. The van der Waals surface area contributed by atoms with Crippen LogP contribution in [0.2, 0.25) is 5.02 Å². The van der Waals surface area contributed by atoms with E-state index in [1.807, 2.05) is 0 Å². The van der Waals surface area contributed by atoms with Crippen LogP contribution in [0.25, 0.3) is 0 Å². The minimum absolute atomic E-state index is 0.0271. The molecule has 2 aliphatic heterocycles. The van der Waals surface area contributed by atoms with Crippen LogP contribution in [0.15, 0.2) is 29.1 Å². The normalized spacial score (nSPS) is 24.5. The van der Waals surface area contributed by atoms with Gasteiger partial charge in [0, 0.05) is 5.02 Å². The van der Waals surface area contributed by atoms with Gasteiger partial charge in [-0.05, 0) is 24.3 Å². The first kappa shape index (κ1) is 24.7. The number of aliphatic hydroxyl groups is 2. The molecule has 186 valence electrons. The molecule has 2 aromatic rings. The highest BCUT2D eigenvalue weighted by Crippen LogP contribution is 2.39. The van der Waals surface area contributed by atoms with Crippen molar-refractivity contribution in [1.82, 2.24) is 9.97 Å². The van der Waals surface area contributed by atoms with Gasteiger partial charge in [-0.1, -0.05) is 11.6 Å². The predicted molar refractivity (Wildman–Crippen MR) is 120 cm³/mol. The third-order valence-corrected chi connectivity index (χ3v) is 6.04. The molecule has 0 bridgehead atoms. The highest BCUT2D eigenvalue weighted by molar-refractivity contribution is 7.46. The first-order valence-electron chi connectivity index (χ1n) is 10.0. The average molecular weight is 520 g/mol.